The topological polar surface area (TPSA) is 41.0 Å². The Morgan fingerprint density at radius 1 is 1.44 bits per heavy atom. The number of hydrogen-bond acceptors (Lipinski definition) is 4. The van der Waals surface area contributed by atoms with Gasteiger partial charge in [0, 0.05) is 30.9 Å². The van der Waals surface area contributed by atoms with Crippen molar-refractivity contribution in [2.75, 3.05) is 24.5 Å². The van der Waals surface area contributed by atoms with Crippen LogP contribution in [0.4, 0.5) is 5.82 Å². The van der Waals surface area contributed by atoms with Gasteiger partial charge >= 0.3 is 0 Å². The number of nitrogens with one attached hydrogen (secondary N) is 1. The maximum atomic E-state index is 4.45. The molecule has 2 heterocycles. The summed E-state index contributed by atoms with van der Waals surface area (Å²) in [5, 5.41) is 3.44. The molecule has 1 aromatic heterocycles. The molecule has 0 amide bonds. The zero-order valence-electron chi connectivity index (χ0n) is 11.7. The lowest BCUT2D eigenvalue weighted by atomic mass is 10.1. The van der Waals surface area contributed by atoms with Gasteiger partial charge < -0.3 is 10.2 Å². The minimum atomic E-state index is 0.460. The quantitative estimate of drug-likeness (QED) is 0.867. The van der Waals surface area contributed by atoms with Crippen molar-refractivity contribution < 1.29 is 0 Å². The fourth-order valence-electron chi connectivity index (χ4n) is 2.49. The molecule has 4 nitrogen and oxygen atoms in total. The van der Waals surface area contributed by atoms with Gasteiger partial charge in [-0.3, -0.25) is 0 Å². The Morgan fingerprint density at radius 2 is 2.28 bits per heavy atom. The minimum absolute atomic E-state index is 0.460. The van der Waals surface area contributed by atoms with Crippen molar-refractivity contribution in [1.82, 2.24) is 15.3 Å². The molecule has 1 atom stereocenters. The van der Waals surface area contributed by atoms with Crippen LogP contribution in [0.5, 0.6) is 0 Å². The predicted octanol–water partition coefficient (Wildman–Crippen LogP) is 2.18. The van der Waals surface area contributed by atoms with Crippen LogP contribution in [0.1, 0.15) is 45.2 Å². The number of hydrogen-bond donors (Lipinski definition) is 1. The number of nitrogens with zero attached hydrogens (tertiary/aromatic N) is 3. The van der Waals surface area contributed by atoms with Crippen LogP contribution < -0.4 is 10.2 Å². The first-order valence-corrected chi connectivity index (χ1v) is 7.01. The lowest BCUT2D eigenvalue weighted by Crippen LogP contribution is -2.38. The Hall–Kier alpha value is -1.16. The molecule has 0 spiro atoms. The molecule has 0 aliphatic carbocycles. The van der Waals surface area contributed by atoms with Crippen LogP contribution in [0.3, 0.4) is 0 Å². The van der Waals surface area contributed by atoms with Crippen molar-refractivity contribution in [3.8, 4) is 0 Å². The smallest absolute Gasteiger partial charge is 0.132 e. The van der Waals surface area contributed by atoms with E-state index in [9.17, 15) is 0 Å². The molecule has 1 N–H and O–H groups in total. The standard InChI is InChI=1S/C14H24N4/c1-4-15-9-12-6-5-7-18(12)14-8-13(11(2)3)16-10-17-14/h8,10-12,15H,4-7,9H2,1-3H3. The van der Waals surface area contributed by atoms with E-state index < -0.39 is 0 Å². The number of aromatic nitrogens is 2. The van der Waals surface area contributed by atoms with Crippen molar-refractivity contribution in [2.24, 2.45) is 0 Å². The third kappa shape index (κ3) is 2.99. The number of anilines is 1. The van der Waals surface area contributed by atoms with Crippen LogP contribution in [0, 0.1) is 0 Å². The zero-order chi connectivity index (χ0) is 13.0. The summed E-state index contributed by atoms with van der Waals surface area (Å²) in [4.78, 5) is 11.2. The molecular weight excluding hydrogens is 224 g/mol. The molecule has 18 heavy (non-hydrogen) atoms. The minimum Gasteiger partial charge on any atom is -0.352 e. The molecule has 4 heteroatoms. The van der Waals surface area contributed by atoms with E-state index in [2.05, 4.69) is 47.0 Å². The molecule has 0 aromatic carbocycles. The molecule has 1 aromatic rings. The Labute approximate surface area is 110 Å². The molecule has 2 rings (SSSR count). The second-order valence-electron chi connectivity index (χ2n) is 5.25. The van der Waals surface area contributed by atoms with Crippen LogP contribution in [0.15, 0.2) is 12.4 Å². The van der Waals surface area contributed by atoms with Gasteiger partial charge in [-0.1, -0.05) is 20.8 Å². The highest BCUT2D eigenvalue weighted by Crippen LogP contribution is 2.25. The van der Waals surface area contributed by atoms with Gasteiger partial charge in [0.05, 0.1) is 0 Å². The van der Waals surface area contributed by atoms with E-state index >= 15 is 0 Å². The van der Waals surface area contributed by atoms with E-state index in [4.69, 9.17) is 0 Å². The Morgan fingerprint density at radius 3 is 3.00 bits per heavy atom. The highest BCUT2D eigenvalue weighted by Gasteiger charge is 2.25. The van der Waals surface area contributed by atoms with Crippen molar-refractivity contribution >= 4 is 5.82 Å². The SMILES string of the molecule is CCNCC1CCCN1c1cc(C(C)C)ncn1. The second-order valence-corrected chi connectivity index (χ2v) is 5.25. The normalized spacial score (nSPS) is 19.8. The molecule has 0 bridgehead atoms. The summed E-state index contributed by atoms with van der Waals surface area (Å²) in [7, 11) is 0. The van der Waals surface area contributed by atoms with Gasteiger partial charge in [0.1, 0.15) is 12.1 Å². The Bertz CT molecular complexity index is 378. The molecule has 0 radical (unpaired) electrons. The van der Waals surface area contributed by atoms with E-state index in [1.807, 2.05) is 0 Å². The Kier molecular flexibility index (Phi) is 4.53. The van der Waals surface area contributed by atoms with Crippen LogP contribution in [-0.4, -0.2) is 35.6 Å². The summed E-state index contributed by atoms with van der Waals surface area (Å²) in [6.07, 6.45) is 4.22. The molecule has 1 saturated heterocycles. The predicted molar refractivity (Wildman–Crippen MR) is 75.0 cm³/mol. The number of likely N-dealkylation sites (N-methyl/N-ethyl adjacent to an activating group) is 1. The maximum absolute atomic E-state index is 4.45. The lowest BCUT2D eigenvalue weighted by molar-refractivity contribution is 0.584. The summed E-state index contributed by atoms with van der Waals surface area (Å²) in [5.41, 5.74) is 1.13. The van der Waals surface area contributed by atoms with Crippen molar-refractivity contribution in [3.63, 3.8) is 0 Å². The molecule has 0 saturated carbocycles. The van der Waals surface area contributed by atoms with Crippen LogP contribution >= 0.6 is 0 Å². The van der Waals surface area contributed by atoms with Crippen molar-refractivity contribution in [1.29, 1.82) is 0 Å². The average molecular weight is 248 g/mol. The van der Waals surface area contributed by atoms with E-state index in [0.717, 1.165) is 31.1 Å². The maximum Gasteiger partial charge on any atom is 0.132 e. The van der Waals surface area contributed by atoms with E-state index in [-0.39, 0.29) is 0 Å². The zero-order valence-corrected chi connectivity index (χ0v) is 11.7. The van der Waals surface area contributed by atoms with Crippen LogP contribution in [-0.2, 0) is 0 Å². The van der Waals surface area contributed by atoms with Gasteiger partial charge in [0.2, 0.25) is 0 Å². The van der Waals surface area contributed by atoms with E-state index in [0.29, 0.717) is 12.0 Å². The van der Waals surface area contributed by atoms with Gasteiger partial charge in [0.15, 0.2) is 0 Å². The summed E-state index contributed by atoms with van der Waals surface area (Å²) in [5.74, 6) is 1.55. The lowest BCUT2D eigenvalue weighted by Gasteiger charge is -2.26. The van der Waals surface area contributed by atoms with Gasteiger partial charge in [-0.25, -0.2) is 9.97 Å². The van der Waals surface area contributed by atoms with Gasteiger partial charge in [-0.05, 0) is 25.3 Å². The summed E-state index contributed by atoms with van der Waals surface area (Å²) >= 11 is 0. The monoisotopic (exact) mass is 248 g/mol. The Balaban J connectivity index is 2.11. The summed E-state index contributed by atoms with van der Waals surface area (Å²) < 4.78 is 0. The highest BCUT2D eigenvalue weighted by molar-refractivity contribution is 5.42. The second kappa shape index (κ2) is 6.14. The van der Waals surface area contributed by atoms with E-state index in [1.165, 1.54) is 12.8 Å². The van der Waals surface area contributed by atoms with E-state index in [1.54, 1.807) is 6.33 Å². The first kappa shape index (κ1) is 13.3. The molecule has 1 unspecified atom stereocenters. The fraction of sp³-hybridized carbons (Fsp3) is 0.714. The fourth-order valence-corrected chi connectivity index (χ4v) is 2.49. The molecule has 1 aliphatic heterocycles. The van der Waals surface area contributed by atoms with Crippen LogP contribution in [0.2, 0.25) is 0 Å². The number of rotatable bonds is 5. The molecular formula is C14H24N4. The molecule has 1 aliphatic rings. The molecule has 100 valence electrons. The highest BCUT2D eigenvalue weighted by atomic mass is 15.2. The first-order chi connectivity index (χ1) is 8.72. The first-order valence-electron chi connectivity index (χ1n) is 7.01. The van der Waals surface area contributed by atoms with Gasteiger partial charge in [0.25, 0.3) is 0 Å². The van der Waals surface area contributed by atoms with Gasteiger partial charge in [-0.15, -0.1) is 0 Å². The van der Waals surface area contributed by atoms with Crippen molar-refractivity contribution in [2.45, 2.75) is 45.6 Å². The average Bonchev–Trinajstić information content (AvgIpc) is 2.84. The largest absolute Gasteiger partial charge is 0.352 e. The third-order valence-corrected chi connectivity index (χ3v) is 3.57. The van der Waals surface area contributed by atoms with Crippen molar-refractivity contribution in [3.05, 3.63) is 18.1 Å². The summed E-state index contributed by atoms with van der Waals surface area (Å²) in [6, 6.07) is 2.73. The van der Waals surface area contributed by atoms with Gasteiger partial charge in [-0.2, -0.15) is 0 Å². The van der Waals surface area contributed by atoms with Crippen LogP contribution in [0.25, 0.3) is 0 Å². The molecule has 1 fully saturated rings. The third-order valence-electron chi connectivity index (χ3n) is 3.57. The summed E-state index contributed by atoms with van der Waals surface area (Å²) in [6.45, 7) is 9.70.